The fraction of sp³-hybridized carbons (Fsp3) is 1.00. The van der Waals surface area contributed by atoms with Gasteiger partial charge in [0.05, 0.1) is 0 Å². The topological polar surface area (TPSA) is 15.3 Å². The zero-order chi connectivity index (χ0) is 13.5. The highest BCUT2D eigenvalue weighted by Crippen LogP contribution is 2.28. The van der Waals surface area contributed by atoms with Gasteiger partial charge in [0.1, 0.15) is 0 Å². The summed E-state index contributed by atoms with van der Waals surface area (Å²) in [4.78, 5) is 2.64. The third-order valence-corrected chi connectivity index (χ3v) is 4.62. The van der Waals surface area contributed by atoms with Crippen LogP contribution in [0.1, 0.15) is 66.2 Å². The first kappa shape index (κ1) is 16.0. The van der Waals surface area contributed by atoms with Crippen molar-refractivity contribution in [2.45, 2.75) is 84.3 Å². The van der Waals surface area contributed by atoms with Crippen LogP contribution in [-0.4, -0.2) is 36.6 Å². The summed E-state index contributed by atoms with van der Waals surface area (Å²) >= 11 is 0. The molecule has 1 N–H and O–H groups in total. The predicted molar refractivity (Wildman–Crippen MR) is 81.0 cm³/mol. The average molecular weight is 254 g/mol. The molecule has 0 aliphatic heterocycles. The molecule has 0 saturated heterocycles. The number of rotatable bonds is 7. The van der Waals surface area contributed by atoms with Gasteiger partial charge in [-0.2, -0.15) is 0 Å². The van der Waals surface area contributed by atoms with E-state index in [1.165, 1.54) is 38.5 Å². The van der Waals surface area contributed by atoms with Gasteiger partial charge in [-0.25, -0.2) is 0 Å². The first-order valence-corrected chi connectivity index (χ1v) is 7.99. The summed E-state index contributed by atoms with van der Waals surface area (Å²) < 4.78 is 0. The summed E-state index contributed by atoms with van der Waals surface area (Å²) in [6, 6.07) is 2.16. The maximum absolute atomic E-state index is 3.60. The second-order valence-electron chi connectivity index (χ2n) is 6.53. The smallest absolute Gasteiger partial charge is 0.00975 e. The van der Waals surface area contributed by atoms with Gasteiger partial charge in [-0.15, -0.1) is 0 Å². The molecule has 0 aromatic heterocycles. The minimum atomic E-state index is 0.642. The van der Waals surface area contributed by atoms with Crippen molar-refractivity contribution in [2.75, 3.05) is 13.6 Å². The van der Waals surface area contributed by atoms with Crippen LogP contribution in [0.2, 0.25) is 0 Å². The highest BCUT2D eigenvalue weighted by molar-refractivity contribution is 4.81. The standard InChI is InChI=1S/C16H34N2/c1-6-10-17-14(3)12-15(4)18(5)16-9-7-8-13(2)11-16/h13-17H,6-12H2,1-5H3. The van der Waals surface area contributed by atoms with Crippen molar-refractivity contribution in [2.24, 2.45) is 5.92 Å². The van der Waals surface area contributed by atoms with Crippen molar-refractivity contribution < 1.29 is 0 Å². The van der Waals surface area contributed by atoms with E-state index in [9.17, 15) is 0 Å². The van der Waals surface area contributed by atoms with Gasteiger partial charge in [0.2, 0.25) is 0 Å². The zero-order valence-corrected chi connectivity index (χ0v) is 13.2. The molecule has 0 bridgehead atoms. The highest BCUT2D eigenvalue weighted by atomic mass is 15.2. The highest BCUT2D eigenvalue weighted by Gasteiger charge is 2.25. The lowest BCUT2D eigenvalue weighted by Gasteiger charge is -2.38. The van der Waals surface area contributed by atoms with E-state index in [0.717, 1.165) is 18.5 Å². The van der Waals surface area contributed by atoms with E-state index in [4.69, 9.17) is 0 Å². The molecule has 0 heterocycles. The van der Waals surface area contributed by atoms with E-state index in [1.54, 1.807) is 0 Å². The van der Waals surface area contributed by atoms with Crippen molar-refractivity contribution in [1.29, 1.82) is 0 Å². The lowest BCUT2D eigenvalue weighted by atomic mass is 9.85. The Bertz CT molecular complexity index is 217. The van der Waals surface area contributed by atoms with Crippen LogP contribution in [0.15, 0.2) is 0 Å². The number of nitrogens with one attached hydrogen (secondary N) is 1. The first-order chi connectivity index (χ1) is 8.54. The second kappa shape index (κ2) is 8.16. The minimum absolute atomic E-state index is 0.642. The fourth-order valence-corrected chi connectivity index (χ4v) is 3.28. The van der Waals surface area contributed by atoms with E-state index >= 15 is 0 Å². The second-order valence-corrected chi connectivity index (χ2v) is 6.53. The molecule has 1 aliphatic carbocycles. The van der Waals surface area contributed by atoms with Crippen molar-refractivity contribution in [1.82, 2.24) is 10.2 Å². The van der Waals surface area contributed by atoms with E-state index in [1.807, 2.05) is 0 Å². The van der Waals surface area contributed by atoms with Gasteiger partial charge < -0.3 is 10.2 Å². The van der Waals surface area contributed by atoms with Crippen LogP contribution in [0.4, 0.5) is 0 Å². The van der Waals surface area contributed by atoms with E-state index in [2.05, 4.69) is 45.0 Å². The molecule has 18 heavy (non-hydrogen) atoms. The van der Waals surface area contributed by atoms with Crippen LogP contribution in [0.5, 0.6) is 0 Å². The summed E-state index contributed by atoms with van der Waals surface area (Å²) in [5.41, 5.74) is 0. The van der Waals surface area contributed by atoms with Crippen molar-refractivity contribution in [3.63, 3.8) is 0 Å². The number of hydrogen-bond acceptors (Lipinski definition) is 2. The molecule has 1 saturated carbocycles. The Balaban J connectivity index is 2.33. The maximum Gasteiger partial charge on any atom is 0.00975 e. The molecule has 108 valence electrons. The van der Waals surface area contributed by atoms with Crippen molar-refractivity contribution in [3.8, 4) is 0 Å². The third kappa shape index (κ3) is 5.27. The molecule has 4 atom stereocenters. The minimum Gasteiger partial charge on any atom is -0.314 e. The fourth-order valence-electron chi connectivity index (χ4n) is 3.28. The molecule has 0 amide bonds. The van der Waals surface area contributed by atoms with Crippen LogP contribution >= 0.6 is 0 Å². The predicted octanol–water partition coefficient (Wildman–Crippen LogP) is 3.66. The lowest BCUT2D eigenvalue weighted by molar-refractivity contribution is 0.116. The normalized spacial score (nSPS) is 28.3. The Kier molecular flexibility index (Phi) is 7.25. The van der Waals surface area contributed by atoms with E-state index < -0.39 is 0 Å². The molecular formula is C16H34N2. The molecular weight excluding hydrogens is 220 g/mol. The molecule has 4 unspecified atom stereocenters. The van der Waals surface area contributed by atoms with E-state index in [-0.39, 0.29) is 0 Å². The van der Waals surface area contributed by atoms with Gasteiger partial charge in [-0.3, -0.25) is 0 Å². The van der Waals surface area contributed by atoms with Crippen molar-refractivity contribution in [3.05, 3.63) is 0 Å². The van der Waals surface area contributed by atoms with Crippen LogP contribution in [0.3, 0.4) is 0 Å². The monoisotopic (exact) mass is 254 g/mol. The van der Waals surface area contributed by atoms with Gasteiger partial charge in [0.15, 0.2) is 0 Å². The van der Waals surface area contributed by atoms with Gasteiger partial charge in [0, 0.05) is 18.1 Å². The Labute approximate surface area is 115 Å². The van der Waals surface area contributed by atoms with Crippen LogP contribution in [0.25, 0.3) is 0 Å². The summed E-state index contributed by atoms with van der Waals surface area (Å²) in [5, 5.41) is 3.60. The first-order valence-electron chi connectivity index (χ1n) is 7.99. The van der Waals surface area contributed by atoms with Crippen LogP contribution in [-0.2, 0) is 0 Å². The Morgan fingerprint density at radius 1 is 1.28 bits per heavy atom. The molecule has 2 nitrogen and oxygen atoms in total. The molecule has 1 fully saturated rings. The zero-order valence-electron chi connectivity index (χ0n) is 13.2. The van der Waals surface area contributed by atoms with Crippen LogP contribution < -0.4 is 5.32 Å². The third-order valence-electron chi connectivity index (χ3n) is 4.62. The molecule has 1 rings (SSSR count). The molecule has 0 aromatic carbocycles. The largest absolute Gasteiger partial charge is 0.314 e. The molecule has 0 aromatic rings. The summed E-state index contributed by atoms with van der Waals surface area (Å²) in [5.74, 6) is 0.925. The van der Waals surface area contributed by atoms with Gasteiger partial charge in [-0.05, 0) is 59.0 Å². The maximum atomic E-state index is 3.60. The average Bonchev–Trinajstić information content (AvgIpc) is 2.35. The van der Waals surface area contributed by atoms with E-state index in [0.29, 0.717) is 12.1 Å². The molecule has 1 aliphatic rings. The summed E-state index contributed by atoms with van der Waals surface area (Å²) in [7, 11) is 2.33. The number of hydrogen-bond donors (Lipinski definition) is 1. The Morgan fingerprint density at radius 2 is 2.00 bits per heavy atom. The molecule has 0 spiro atoms. The van der Waals surface area contributed by atoms with Gasteiger partial charge in [-0.1, -0.05) is 26.7 Å². The molecule has 2 heteroatoms. The van der Waals surface area contributed by atoms with Crippen molar-refractivity contribution >= 4 is 0 Å². The van der Waals surface area contributed by atoms with Crippen LogP contribution in [0, 0.1) is 5.92 Å². The Hall–Kier alpha value is -0.0800. The van der Waals surface area contributed by atoms with Gasteiger partial charge >= 0.3 is 0 Å². The summed E-state index contributed by atoms with van der Waals surface area (Å²) in [6.45, 7) is 10.5. The van der Waals surface area contributed by atoms with Gasteiger partial charge in [0.25, 0.3) is 0 Å². The Morgan fingerprint density at radius 3 is 2.61 bits per heavy atom. The molecule has 0 radical (unpaired) electrons. The number of nitrogens with zero attached hydrogens (tertiary/aromatic N) is 1. The summed E-state index contributed by atoms with van der Waals surface area (Å²) in [6.07, 6.45) is 8.16. The SMILES string of the molecule is CCCNC(C)CC(C)N(C)C1CCCC(C)C1. The quantitative estimate of drug-likeness (QED) is 0.746. The lowest BCUT2D eigenvalue weighted by Crippen LogP contribution is -2.44.